The summed E-state index contributed by atoms with van der Waals surface area (Å²) in [6, 6.07) is 15.6. The van der Waals surface area contributed by atoms with Crippen molar-refractivity contribution in [2.75, 3.05) is 6.61 Å². The van der Waals surface area contributed by atoms with Crippen molar-refractivity contribution in [2.45, 2.75) is 51.6 Å². The fourth-order valence-electron chi connectivity index (χ4n) is 4.82. The molecule has 0 spiro atoms. The quantitative estimate of drug-likeness (QED) is 0.181. The van der Waals surface area contributed by atoms with Crippen LogP contribution in [0.15, 0.2) is 73.4 Å². The maximum atomic E-state index is 14.1. The highest BCUT2D eigenvalue weighted by Gasteiger charge is 2.22. The van der Waals surface area contributed by atoms with Crippen molar-refractivity contribution in [2.24, 2.45) is 5.10 Å². The second kappa shape index (κ2) is 12.4. The molecule has 0 aliphatic heterocycles. The van der Waals surface area contributed by atoms with Gasteiger partial charge in [-0.15, -0.1) is 0 Å². The van der Waals surface area contributed by atoms with Gasteiger partial charge in [-0.2, -0.15) is 9.78 Å². The van der Waals surface area contributed by atoms with Crippen LogP contribution in [-0.2, 0) is 6.61 Å². The van der Waals surface area contributed by atoms with E-state index in [1.165, 1.54) is 17.2 Å². The van der Waals surface area contributed by atoms with E-state index in [4.69, 9.17) is 14.5 Å². The predicted molar refractivity (Wildman–Crippen MR) is 159 cm³/mol. The molecule has 202 valence electrons. The van der Waals surface area contributed by atoms with E-state index in [9.17, 15) is 9.18 Å². The van der Waals surface area contributed by atoms with Gasteiger partial charge in [-0.25, -0.2) is 9.37 Å². The molecule has 9 heteroatoms. The molecule has 39 heavy (non-hydrogen) atoms. The lowest BCUT2D eigenvalue weighted by molar-refractivity contribution is 0.265. The lowest BCUT2D eigenvalue weighted by Crippen LogP contribution is -2.25. The molecule has 4 aromatic rings. The third kappa shape index (κ3) is 6.25. The fourth-order valence-corrected chi connectivity index (χ4v) is 5.61. The molecule has 1 heterocycles. The molecule has 0 bridgehead atoms. The van der Waals surface area contributed by atoms with Crippen molar-refractivity contribution in [1.29, 1.82) is 0 Å². The molecule has 0 saturated heterocycles. The zero-order valence-electron chi connectivity index (χ0n) is 21.5. The second-order valence-electron chi connectivity index (χ2n) is 9.46. The molecule has 1 aliphatic carbocycles. The average Bonchev–Trinajstić information content (AvgIpc) is 2.94. The predicted octanol–water partition coefficient (Wildman–Crippen LogP) is 7.97. The minimum Gasteiger partial charge on any atom is -0.490 e. The Bertz CT molecular complexity index is 1580. The number of nitrogens with zero attached hydrogens (tertiary/aromatic N) is 3. The van der Waals surface area contributed by atoms with E-state index in [-0.39, 0.29) is 23.9 Å². The van der Waals surface area contributed by atoms with Gasteiger partial charge in [0.15, 0.2) is 11.5 Å². The first-order valence-electron chi connectivity index (χ1n) is 13.0. The number of benzene rings is 3. The largest absolute Gasteiger partial charge is 0.490 e. The van der Waals surface area contributed by atoms with Gasteiger partial charge in [0, 0.05) is 26.0 Å². The Labute approximate surface area is 243 Å². The summed E-state index contributed by atoms with van der Waals surface area (Å²) in [5.74, 6) is 1.51. The highest BCUT2D eigenvalue weighted by molar-refractivity contribution is 9.10. The van der Waals surface area contributed by atoms with Gasteiger partial charge in [-0.05, 0) is 72.1 Å². The highest BCUT2D eigenvalue weighted by atomic mass is 79.9. The molecule has 6 nitrogen and oxygen atoms in total. The van der Waals surface area contributed by atoms with E-state index in [2.05, 4.69) is 37.0 Å². The zero-order chi connectivity index (χ0) is 27.4. The monoisotopic (exact) mass is 655 g/mol. The molecule has 0 amide bonds. The van der Waals surface area contributed by atoms with Gasteiger partial charge < -0.3 is 9.47 Å². The molecule has 1 fully saturated rings. The Morgan fingerprint density at radius 3 is 2.59 bits per heavy atom. The van der Waals surface area contributed by atoms with Gasteiger partial charge in [0.2, 0.25) is 0 Å². The first-order chi connectivity index (χ1) is 18.9. The number of aromatic nitrogens is 2. The molecule has 1 aliphatic rings. The van der Waals surface area contributed by atoms with Crippen molar-refractivity contribution < 1.29 is 13.9 Å². The van der Waals surface area contributed by atoms with Crippen LogP contribution in [0.25, 0.3) is 10.9 Å². The van der Waals surface area contributed by atoms with Crippen LogP contribution in [-0.4, -0.2) is 22.5 Å². The summed E-state index contributed by atoms with van der Waals surface area (Å²) in [5, 5.41) is 5.16. The molecule has 0 N–H and O–H groups in total. The van der Waals surface area contributed by atoms with Gasteiger partial charge in [-0.3, -0.25) is 4.79 Å². The van der Waals surface area contributed by atoms with Crippen LogP contribution in [0.3, 0.4) is 0 Å². The van der Waals surface area contributed by atoms with Crippen molar-refractivity contribution in [1.82, 2.24) is 9.66 Å². The molecule has 0 radical (unpaired) electrons. The minimum absolute atomic E-state index is 0.0606. The zero-order valence-corrected chi connectivity index (χ0v) is 24.7. The highest BCUT2D eigenvalue weighted by Crippen LogP contribution is 2.35. The van der Waals surface area contributed by atoms with Crippen molar-refractivity contribution in [3.8, 4) is 11.5 Å². The summed E-state index contributed by atoms with van der Waals surface area (Å²) in [4.78, 5) is 18.5. The number of hydrogen-bond acceptors (Lipinski definition) is 5. The van der Waals surface area contributed by atoms with Gasteiger partial charge >= 0.3 is 0 Å². The molecular weight excluding hydrogens is 629 g/mol. The van der Waals surface area contributed by atoms with Gasteiger partial charge in [0.1, 0.15) is 18.2 Å². The van der Waals surface area contributed by atoms with Crippen LogP contribution in [0.2, 0.25) is 0 Å². The first-order valence-corrected chi connectivity index (χ1v) is 14.6. The third-order valence-electron chi connectivity index (χ3n) is 6.82. The van der Waals surface area contributed by atoms with Gasteiger partial charge in [0.25, 0.3) is 5.56 Å². The SMILES string of the molecule is CCOc1cc(C=Nn2c(C3CCCCC3)nc3ccc(Br)cc3c2=O)c(Br)cc1OCc1ccccc1F. The Kier molecular flexibility index (Phi) is 8.77. The Morgan fingerprint density at radius 1 is 1.05 bits per heavy atom. The summed E-state index contributed by atoms with van der Waals surface area (Å²) < 4.78 is 28.8. The summed E-state index contributed by atoms with van der Waals surface area (Å²) >= 11 is 7.06. The first kappa shape index (κ1) is 27.5. The summed E-state index contributed by atoms with van der Waals surface area (Å²) in [5.41, 5.74) is 1.62. The van der Waals surface area contributed by atoms with Crippen LogP contribution in [0.4, 0.5) is 4.39 Å². The molecule has 0 atom stereocenters. The van der Waals surface area contributed by atoms with Crippen molar-refractivity contribution >= 4 is 49.0 Å². The maximum Gasteiger partial charge on any atom is 0.282 e. The number of hydrogen-bond donors (Lipinski definition) is 0. The lowest BCUT2D eigenvalue weighted by atomic mass is 9.88. The number of ether oxygens (including phenoxy) is 2. The average molecular weight is 657 g/mol. The van der Waals surface area contributed by atoms with Crippen molar-refractivity contribution in [3.05, 3.63) is 96.7 Å². The van der Waals surface area contributed by atoms with Gasteiger partial charge in [0.05, 0.1) is 23.7 Å². The molecule has 5 rings (SSSR count). The Hall–Kier alpha value is -3.04. The Balaban J connectivity index is 1.52. The van der Waals surface area contributed by atoms with E-state index in [1.54, 1.807) is 42.6 Å². The molecule has 3 aromatic carbocycles. The van der Waals surface area contributed by atoms with E-state index in [0.29, 0.717) is 50.4 Å². The molecule has 0 unspecified atom stereocenters. The van der Waals surface area contributed by atoms with Crippen LogP contribution in [0.1, 0.15) is 61.9 Å². The van der Waals surface area contributed by atoms with Crippen LogP contribution >= 0.6 is 31.9 Å². The van der Waals surface area contributed by atoms with E-state index < -0.39 is 0 Å². The van der Waals surface area contributed by atoms with E-state index >= 15 is 0 Å². The van der Waals surface area contributed by atoms with Crippen molar-refractivity contribution in [3.63, 3.8) is 0 Å². The second-order valence-corrected chi connectivity index (χ2v) is 11.2. The molecular formula is C30H28Br2FN3O3. The number of rotatable bonds is 8. The van der Waals surface area contributed by atoms with Crippen LogP contribution in [0, 0.1) is 5.82 Å². The topological polar surface area (TPSA) is 65.7 Å². The van der Waals surface area contributed by atoms with Crippen LogP contribution in [0.5, 0.6) is 11.5 Å². The molecule has 1 saturated carbocycles. The fraction of sp³-hybridized carbons (Fsp3) is 0.300. The molecule has 1 aromatic heterocycles. The summed E-state index contributed by atoms with van der Waals surface area (Å²) in [6.45, 7) is 2.36. The Morgan fingerprint density at radius 2 is 1.82 bits per heavy atom. The maximum absolute atomic E-state index is 14.1. The normalized spacial score (nSPS) is 14.3. The lowest BCUT2D eigenvalue weighted by Gasteiger charge is -2.22. The van der Waals surface area contributed by atoms with Crippen LogP contribution < -0.4 is 15.0 Å². The van der Waals surface area contributed by atoms with E-state index in [0.717, 1.165) is 30.2 Å². The van der Waals surface area contributed by atoms with Gasteiger partial charge in [-0.1, -0.05) is 53.4 Å². The van der Waals surface area contributed by atoms with E-state index in [1.807, 2.05) is 19.1 Å². The smallest absolute Gasteiger partial charge is 0.282 e. The summed E-state index contributed by atoms with van der Waals surface area (Å²) in [6.07, 6.45) is 7.02. The standard InChI is InChI=1S/C30H28Br2FN3O3/c1-2-38-27-14-21(24(32)16-28(27)39-18-20-10-6-7-11-25(20)33)17-34-36-29(19-8-4-3-5-9-19)35-26-13-12-22(31)15-23(26)30(36)37/h6-7,10-17,19H,2-5,8-9,18H2,1H3. The number of halogens is 3. The number of fused-ring (bicyclic) bond motifs is 1. The third-order valence-corrected chi connectivity index (χ3v) is 8.00. The summed E-state index contributed by atoms with van der Waals surface area (Å²) in [7, 11) is 0. The minimum atomic E-state index is -0.325.